The van der Waals surface area contributed by atoms with Crippen molar-refractivity contribution >= 4 is 0 Å². The molecule has 0 fully saturated rings. The van der Waals surface area contributed by atoms with Gasteiger partial charge in [0.05, 0.1) is 13.2 Å². The van der Waals surface area contributed by atoms with E-state index in [2.05, 4.69) is 36.9 Å². The molecule has 4 heteroatoms. The minimum absolute atomic E-state index is 0.191. The van der Waals surface area contributed by atoms with Crippen molar-refractivity contribution in [2.45, 2.75) is 32.5 Å². The van der Waals surface area contributed by atoms with E-state index in [0.29, 0.717) is 25.8 Å². The van der Waals surface area contributed by atoms with Gasteiger partial charge in [0.2, 0.25) is 0 Å². The van der Waals surface area contributed by atoms with Crippen molar-refractivity contribution in [3.05, 3.63) is 35.4 Å². The summed E-state index contributed by atoms with van der Waals surface area (Å²) >= 11 is 0. The molecule has 4 nitrogen and oxygen atoms in total. The SMILES string of the molecule is COCCN(C(C)C)C(CN)c1ccccc1COC. The minimum Gasteiger partial charge on any atom is -0.383 e. The maximum atomic E-state index is 6.06. The largest absolute Gasteiger partial charge is 0.383 e. The van der Waals surface area contributed by atoms with Crippen molar-refractivity contribution in [3.8, 4) is 0 Å². The molecule has 1 unspecified atom stereocenters. The standard InChI is InChI=1S/C16H28N2O2/c1-13(2)18(9-10-19-3)16(11-17)15-8-6-5-7-14(15)12-20-4/h5-8,13,16H,9-12,17H2,1-4H3. The number of benzene rings is 1. The van der Waals surface area contributed by atoms with Gasteiger partial charge in [0.15, 0.2) is 0 Å². The normalized spacial score (nSPS) is 13.2. The number of hydrogen-bond donors (Lipinski definition) is 1. The lowest BCUT2D eigenvalue weighted by atomic mass is 9.98. The molecule has 0 bridgehead atoms. The van der Waals surface area contributed by atoms with E-state index in [1.165, 1.54) is 11.1 Å². The Kier molecular flexibility index (Phi) is 7.77. The van der Waals surface area contributed by atoms with Gasteiger partial charge in [-0.15, -0.1) is 0 Å². The van der Waals surface area contributed by atoms with E-state index in [-0.39, 0.29) is 6.04 Å². The smallest absolute Gasteiger partial charge is 0.0716 e. The fourth-order valence-electron chi connectivity index (χ4n) is 2.56. The molecule has 2 N–H and O–H groups in total. The Morgan fingerprint density at radius 3 is 2.40 bits per heavy atom. The van der Waals surface area contributed by atoms with Gasteiger partial charge in [-0.3, -0.25) is 4.90 Å². The Labute approximate surface area is 122 Å². The number of nitrogens with zero attached hydrogens (tertiary/aromatic N) is 1. The number of rotatable bonds is 9. The lowest BCUT2D eigenvalue weighted by Crippen LogP contribution is -2.41. The summed E-state index contributed by atoms with van der Waals surface area (Å²) in [5.74, 6) is 0. The van der Waals surface area contributed by atoms with Gasteiger partial charge >= 0.3 is 0 Å². The lowest BCUT2D eigenvalue weighted by molar-refractivity contribution is 0.0964. The Bertz CT molecular complexity index is 382. The Hall–Kier alpha value is -0.940. The molecule has 20 heavy (non-hydrogen) atoms. The van der Waals surface area contributed by atoms with Crippen molar-refractivity contribution < 1.29 is 9.47 Å². The van der Waals surface area contributed by atoms with E-state index in [1.807, 2.05) is 6.07 Å². The van der Waals surface area contributed by atoms with E-state index in [9.17, 15) is 0 Å². The minimum atomic E-state index is 0.191. The van der Waals surface area contributed by atoms with Crippen molar-refractivity contribution in [3.63, 3.8) is 0 Å². The van der Waals surface area contributed by atoms with Crippen LogP contribution in [0.4, 0.5) is 0 Å². The van der Waals surface area contributed by atoms with Crippen LogP contribution in [0.2, 0.25) is 0 Å². The molecule has 1 rings (SSSR count). The van der Waals surface area contributed by atoms with E-state index in [0.717, 1.165) is 6.54 Å². The predicted molar refractivity (Wildman–Crippen MR) is 82.7 cm³/mol. The fourth-order valence-corrected chi connectivity index (χ4v) is 2.56. The molecule has 0 radical (unpaired) electrons. The molecule has 1 aromatic carbocycles. The summed E-state index contributed by atoms with van der Waals surface area (Å²) in [5.41, 5.74) is 8.51. The van der Waals surface area contributed by atoms with Gasteiger partial charge in [0, 0.05) is 39.4 Å². The van der Waals surface area contributed by atoms with Crippen LogP contribution in [0.15, 0.2) is 24.3 Å². The molecule has 0 aliphatic heterocycles. The van der Waals surface area contributed by atoms with Crippen LogP contribution < -0.4 is 5.73 Å². The number of hydrogen-bond acceptors (Lipinski definition) is 4. The van der Waals surface area contributed by atoms with Crippen LogP contribution in [-0.2, 0) is 16.1 Å². The topological polar surface area (TPSA) is 47.7 Å². The highest BCUT2D eigenvalue weighted by Gasteiger charge is 2.23. The van der Waals surface area contributed by atoms with Crippen LogP contribution in [0.5, 0.6) is 0 Å². The van der Waals surface area contributed by atoms with Gasteiger partial charge in [0.25, 0.3) is 0 Å². The molecule has 1 atom stereocenters. The zero-order chi connectivity index (χ0) is 15.0. The second-order valence-electron chi connectivity index (χ2n) is 5.21. The average molecular weight is 280 g/mol. The van der Waals surface area contributed by atoms with Crippen LogP contribution in [-0.4, -0.2) is 44.9 Å². The summed E-state index contributed by atoms with van der Waals surface area (Å²) in [6.07, 6.45) is 0. The van der Waals surface area contributed by atoms with Gasteiger partial charge in [-0.1, -0.05) is 24.3 Å². The van der Waals surface area contributed by atoms with Gasteiger partial charge in [-0.25, -0.2) is 0 Å². The van der Waals surface area contributed by atoms with Crippen LogP contribution in [0.1, 0.15) is 31.0 Å². The van der Waals surface area contributed by atoms with E-state index in [1.54, 1.807) is 14.2 Å². The summed E-state index contributed by atoms with van der Waals surface area (Å²) in [6, 6.07) is 8.96. The average Bonchev–Trinajstić information content (AvgIpc) is 2.44. The first-order chi connectivity index (χ1) is 9.65. The van der Waals surface area contributed by atoms with Gasteiger partial charge < -0.3 is 15.2 Å². The second-order valence-corrected chi connectivity index (χ2v) is 5.21. The molecule has 0 amide bonds. The molecule has 0 saturated carbocycles. The third-order valence-electron chi connectivity index (χ3n) is 3.55. The molecule has 114 valence electrons. The van der Waals surface area contributed by atoms with E-state index in [4.69, 9.17) is 15.2 Å². The first-order valence-corrected chi connectivity index (χ1v) is 7.17. The summed E-state index contributed by atoms with van der Waals surface area (Å²) in [5, 5.41) is 0. The highest BCUT2D eigenvalue weighted by molar-refractivity contribution is 5.30. The summed E-state index contributed by atoms with van der Waals surface area (Å²) in [7, 11) is 3.45. The van der Waals surface area contributed by atoms with Crippen molar-refractivity contribution in [2.24, 2.45) is 5.73 Å². The number of nitrogens with two attached hydrogens (primary N) is 1. The summed E-state index contributed by atoms with van der Waals surface area (Å²) in [6.45, 7) is 7.17. The molecule has 1 aromatic rings. The molecular formula is C16H28N2O2. The summed E-state index contributed by atoms with van der Waals surface area (Å²) < 4.78 is 10.5. The van der Waals surface area contributed by atoms with Crippen LogP contribution >= 0.6 is 0 Å². The number of ether oxygens (including phenoxy) is 2. The van der Waals surface area contributed by atoms with E-state index >= 15 is 0 Å². The lowest BCUT2D eigenvalue weighted by Gasteiger charge is -2.35. The molecule has 0 aliphatic carbocycles. The monoisotopic (exact) mass is 280 g/mol. The third-order valence-corrected chi connectivity index (χ3v) is 3.55. The van der Waals surface area contributed by atoms with Crippen LogP contribution in [0.3, 0.4) is 0 Å². The van der Waals surface area contributed by atoms with Crippen molar-refractivity contribution in [2.75, 3.05) is 33.9 Å². The first kappa shape index (κ1) is 17.1. The van der Waals surface area contributed by atoms with Gasteiger partial charge in [-0.05, 0) is 25.0 Å². The fraction of sp³-hybridized carbons (Fsp3) is 0.625. The van der Waals surface area contributed by atoms with Crippen molar-refractivity contribution in [1.29, 1.82) is 0 Å². The predicted octanol–water partition coefficient (Wildman–Crippen LogP) is 2.19. The second kappa shape index (κ2) is 9.08. The zero-order valence-electron chi connectivity index (χ0n) is 13.1. The molecule has 0 saturated heterocycles. The highest BCUT2D eigenvalue weighted by Crippen LogP contribution is 2.25. The van der Waals surface area contributed by atoms with Crippen molar-refractivity contribution in [1.82, 2.24) is 4.90 Å². The van der Waals surface area contributed by atoms with E-state index < -0.39 is 0 Å². The zero-order valence-corrected chi connectivity index (χ0v) is 13.1. The quantitative estimate of drug-likeness (QED) is 0.753. The van der Waals surface area contributed by atoms with Gasteiger partial charge in [-0.2, -0.15) is 0 Å². The van der Waals surface area contributed by atoms with Crippen LogP contribution in [0, 0.1) is 0 Å². The Morgan fingerprint density at radius 1 is 1.15 bits per heavy atom. The maximum absolute atomic E-state index is 6.06. The maximum Gasteiger partial charge on any atom is 0.0716 e. The molecular weight excluding hydrogens is 252 g/mol. The van der Waals surface area contributed by atoms with Gasteiger partial charge in [0.1, 0.15) is 0 Å². The third kappa shape index (κ3) is 4.56. The molecule has 0 aliphatic rings. The Balaban J connectivity index is 3.02. The molecule has 0 aromatic heterocycles. The Morgan fingerprint density at radius 2 is 1.85 bits per heavy atom. The first-order valence-electron chi connectivity index (χ1n) is 7.17. The summed E-state index contributed by atoms with van der Waals surface area (Å²) in [4.78, 5) is 2.39. The molecule has 0 spiro atoms. The highest BCUT2D eigenvalue weighted by atomic mass is 16.5. The molecule has 0 heterocycles. The van der Waals surface area contributed by atoms with Crippen LogP contribution in [0.25, 0.3) is 0 Å². The number of methoxy groups -OCH3 is 2.